The molecule has 0 radical (unpaired) electrons. The first kappa shape index (κ1) is 16.0. The maximum atomic E-state index is 13.0. The molecule has 1 atom stereocenters. The summed E-state index contributed by atoms with van der Waals surface area (Å²) in [6, 6.07) is 7.08. The first-order valence-electron chi connectivity index (χ1n) is 6.82. The SMILES string of the molecule is CC(CO)N(C)C(=O)c1cc(COc2cccc(F)c2)[nH]n1. The molecule has 0 saturated carbocycles. The summed E-state index contributed by atoms with van der Waals surface area (Å²) < 4.78 is 18.4. The van der Waals surface area contributed by atoms with Gasteiger partial charge in [-0.1, -0.05) is 6.07 Å². The minimum atomic E-state index is -0.377. The van der Waals surface area contributed by atoms with E-state index in [0.717, 1.165) is 0 Å². The van der Waals surface area contributed by atoms with Gasteiger partial charge in [0, 0.05) is 13.1 Å². The van der Waals surface area contributed by atoms with Crippen molar-refractivity contribution in [1.29, 1.82) is 0 Å². The molecule has 0 saturated heterocycles. The molecule has 1 unspecified atom stereocenters. The Labute approximate surface area is 127 Å². The van der Waals surface area contributed by atoms with Crippen molar-refractivity contribution in [3.05, 3.63) is 47.5 Å². The van der Waals surface area contributed by atoms with E-state index in [1.807, 2.05) is 0 Å². The zero-order valence-electron chi connectivity index (χ0n) is 12.4. The predicted octanol–water partition coefficient (Wildman–Crippen LogP) is 1.58. The van der Waals surface area contributed by atoms with Crippen LogP contribution < -0.4 is 4.74 Å². The van der Waals surface area contributed by atoms with Crippen molar-refractivity contribution in [3.63, 3.8) is 0 Å². The first-order valence-corrected chi connectivity index (χ1v) is 6.82. The third kappa shape index (κ3) is 3.82. The molecule has 0 aliphatic heterocycles. The molecule has 7 heteroatoms. The van der Waals surface area contributed by atoms with Crippen LogP contribution in [0.1, 0.15) is 23.1 Å². The van der Waals surface area contributed by atoms with E-state index in [4.69, 9.17) is 9.84 Å². The number of nitrogens with one attached hydrogen (secondary N) is 1. The maximum Gasteiger partial charge on any atom is 0.274 e. The van der Waals surface area contributed by atoms with Crippen LogP contribution in [0.15, 0.2) is 30.3 Å². The van der Waals surface area contributed by atoms with Crippen LogP contribution in [0.4, 0.5) is 4.39 Å². The molecule has 22 heavy (non-hydrogen) atoms. The Balaban J connectivity index is 1.98. The van der Waals surface area contributed by atoms with Gasteiger partial charge >= 0.3 is 0 Å². The van der Waals surface area contributed by atoms with E-state index in [-0.39, 0.29) is 36.7 Å². The summed E-state index contributed by atoms with van der Waals surface area (Å²) in [6.07, 6.45) is 0. The van der Waals surface area contributed by atoms with E-state index in [1.54, 1.807) is 32.2 Å². The minimum absolute atomic E-state index is 0.123. The summed E-state index contributed by atoms with van der Waals surface area (Å²) in [4.78, 5) is 13.5. The van der Waals surface area contributed by atoms with Gasteiger partial charge in [-0.25, -0.2) is 4.39 Å². The Morgan fingerprint density at radius 1 is 1.50 bits per heavy atom. The molecule has 0 spiro atoms. The highest BCUT2D eigenvalue weighted by atomic mass is 19.1. The number of amides is 1. The number of rotatable bonds is 6. The number of aliphatic hydroxyl groups excluding tert-OH is 1. The van der Waals surface area contributed by atoms with E-state index in [1.165, 1.54) is 17.0 Å². The lowest BCUT2D eigenvalue weighted by molar-refractivity contribution is 0.0676. The Kier molecular flexibility index (Phi) is 5.11. The third-order valence-electron chi connectivity index (χ3n) is 3.29. The van der Waals surface area contributed by atoms with Gasteiger partial charge in [0.25, 0.3) is 5.91 Å². The van der Waals surface area contributed by atoms with Crippen molar-refractivity contribution in [1.82, 2.24) is 15.1 Å². The zero-order valence-corrected chi connectivity index (χ0v) is 12.4. The van der Waals surface area contributed by atoms with E-state index >= 15 is 0 Å². The molecular formula is C15H18FN3O3. The van der Waals surface area contributed by atoms with E-state index in [0.29, 0.717) is 11.4 Å². The van der Waals surface area contributed by atoms with E-state index in [9.17, 15) is 9.18 Å². The summed E-state index contributed by atoms with van der Waals surface area (Å²) in [7, 11) is 1.60. The Morgan fingerprint density at radius 3 is 2.95 bits per heavy atom. The van der Waals surface area contributed by atoms with Gasteiger partial charge in [0.05, 0.1) is 18.3 Å². The number of hydrogen-bond donors (Lipinski definition) is 2. The van der Waals surface area contributed by atoms with Crippen molar-refractivity contribution < 1.29 is 19.0 Å². The predicted molar refractivity (Wildman–Crippen MR) is 78.0 cm³/mol. The normalized spacial score (nSPS) is 12.0. The summed E-state index contributed by atoms with van der Waals surface area (Å²) in [5, 5.41) is 15.7. The number of likely N-dealkylation sites (N-methyl/N-ethyl adjacent to an activating group) is 1. The highest BCUT2D eigenvalue weighted by Gasteiger charge is 2.19. The zero-order chi connectivity index (χ0) is 16.1. The highest BCUT2D eigenvalue weighted by molar-refractivity contribution is 5.92. The molecule has 0 bridgehead atoms. The molecule has 118 valence electrons. The first-order chi connectivity index (χ1) is 10.5. The lowest BCUT2D eigenvalue weighted by Gasteiger charge is -2.21. The molecule has 1 heterocycles. The van der Waals surface area contributed by atoms with E-state index in [2.05, 4.69) is 10.2 Å². The van der Waals surface area contributed by atoms with Crippen LogP contribution in [-0.4, -0.2) is 45.8 Å². The number of ether oxygens (including phenoxy) is 1. The monoisotopic (exact) mass is 307 g/mol. The van der Waals surface area contributed by atoms with Crippen molar-refractivity contribution in [2.45, 2.75) is 19.6 Å². The average molecular weight is 307 g/mol. The van der Waals surface area contributed by atoms with Crippen molar-refractivity contribution in [3.8, 4) is 5.75 Å². The molecule has 0 aliphatic rings. The van der Waals surface area contributed by atoms with Crippen LogP contribution in [0, 0.1) is 5.82 Å². The number of carbonyl (C=O) groups is 1. The van der Waals surface area contributed by atoms with Gasteiger partial charge in [-0.3, -0.25) is 9.89 Å². The van der Waals surface area contributed by atoms with Crippen LogP contribution in [0.3, 0.4) is 0 Å². The molecule has 2 aromatic rings. The molecular weight excluding hydrogens is 289 g/mol. The molecule has 2 N–H and O–H groups in total. The summed E-state index contributed by atoms with van der Waals surface area (Å²) in [6.45, 7) is 1.75. The second-order valence-corrected chi connectivity index (χ2v) is 4.97. The average Bonchev–Trinajstić information content (AvgIpc) is 2.99. The highest BCUT2D eigenvalue weighted by Crippen LogP contribution is 2.14. The number of aliphatic hydroxyl groups is 1. The molecule has 1 amide bonds. The Hall–Kier alpha value is -2.41. The van der Waals surface area contributed by atoms with Crippen LogP contribution in [-0.2, 0) is 6.61 Å². The number of aromatic amines is 1. The molecule has 0 fully saturated rings. The van der Waals surface area contributed by atoms with Gasteiger partial charge in [0.1, 0.15) is 18.2 Å². The van der Waals surface area contributed by atoms with Gasteiger partial charge < -0.3 is 14.7 Å². The third-order valence-corrected chi connectivity index (χ3v) is 3.29. The second-order valence-electron chi connectivity index (χ2n) is 4.97. The number of benzene rings is 1. The van der Waals surface area contributed by atoms with Gasteiger partial charge in [-0.05, 0) is 25.1 Å². The Bertz CT molecular complexity index is 644. The summed E-state index contributed by atoms with van der Waals surface area (Å²) in [5.41, 5.74) is 0.832. The summed E-state index contributed by atoms with van der Waals surface area (Å²) >= 11 is 0. The topological polar surface area (TPSA) is 78.5 Å². The van der Waals surface area contributed by atoms with Gasteiger partial charge in [0.2, 0.25) is 0 Å². The molecule has 1 aromatic heterocycles. The standard InChI is InChI=1S/C15H18FN3O3/c1-10(8-20)19(2)15(21)14-7-12(17-18-14)9-22-13-5-3-4-11(16)6-13/h3-7,10,20H,8-9H2,1-2H3,(H,17,18). The number of carbonyl (C=O) groups excluding carboxylic acids is 1. The quantitative estimate of drug-likeness (QED) is 0.849. The van der Waals surface area contributed by atoms with Crippen molar-refractivity contribution >= 4 is 5.91 Å². The van der Waals surface area contributed by atoms with Gasteiger partial charge in [0.15, 0.2) is 5.69 Å². The molecule has 6 nitrogen and oxygen atoms in total. The lowest BCUT2D eigenvalue weighted by atomic mass is 10.2. The van der Waals surface area contributed by atoms with E-state index < -0.39 is 0 Å². The van der Waals surface area contributed by atoms with Gasteiger partial charge in [-0.2, -0.15) is 5.10 Å². The molecule has 1 aromatic carbocycles. The number of H-pyrrole nitrogens is 1. The fourth-order valence-electron chi connectivity index (χ4n) is 1.77. The van der Waals surface area contributed by atoms with Crippen LogP contribution >= 0.6 is 0 Å². The van der Waals surface area contributed by atoms with Crippen molar-refractivity contribution in [2.75, 3.05) is 13.7 Å². The van der Waals surface area contributed by atoms with Crippen LogP contribution in [0.25, 0.3) is 0 Å². The van der Waals surface area contributed by atoms with Crippen molar-refractivity contribution in [2.24, 2.45) is 0 Å². The number of halogens is 1. The Morgan fingerprint density at radius 2 is 2.27 bits per heavy atom. The number of hydrogen-bond acceptors (Lipinski definition) is 4. The minimum Gasteiger partial charge on any atom is -0.487 e. The fourth-order valence-corrected chi connectivity index (χ4v) is 1.77. The lowest BCUT2D eigenvalue weighted by Crippen LogP contribution is -2.37. The van der Waals surface area contributed by atoms with Gasteiger partial charge in [-0.15, -0.1) is 0 Å². The number of aromatic nitrogens is 2. The molecule has 2 rings (SSSR count). The smallest absolute Gasteiger partial charge is 0.274 e. The van der Waals surface area contributed by atoms with Crippen LogP contribution in [0.5, 0.6) is 5.75 Å². The second kappa shape index (κ2) is 7.04. The summed E-state index contributed by atoms with van der Waals surface area (Å²) in [5.74, 6) is -0.277. The maximum absolute atomic E-state index is 13.0. The number of nitrogens with zero attached hydrogens (tertiary/aromatic N) is 2. The largest absolute Gasteiger partial charge is 0.487 e. The molecule has 0 aliphatic carbocycles. The fraction of sp³-hybridized carbons (Fsp3) is 0.333. The van der Waals surface area contributed by atoms with Crippen LogP contribution in [0.2, 0.25) is 0 Å².